The summed E-state index contributed by atoms with van der Waals surface area (Å²) in [6.45, 7) is 0.218. The Balaban J connectivity index is 0.00000364. The molecular formula is C19H19F3LiNO3. The number of carboxylic acid groups (broad SMARTS) is 1. The number of benzene rings is 2. The van der Waals surface area contributed by atoms with E-state index in [1.807, 2.05) is 30.3 Å². The van der Waals surface area contributed by atoms with Gasteiger partial charge in [0.1, 0.15) is 11.9 Å². The van der Waals surface area contributed by atoms with Gasteiger partial charge in [-0.05, 0) is 36.9 Å². The predicted molar refractivity (Wildman–Crippen MR) is 88.4 cm³/mol. The summed E-state index contributed by atoms with van der Waals surface area (Å²) in [5.41, 5.74) is 0.115. The van der Waals surface area contributed by atoms with Crippen molar-refractivity contribution in [3.05, 3.63) is 65.7 Å². The molecule has 0 aliphatic carbocycles. The minimum Gasteiger partial charge on any atom is -0.549 e. The van der Waals surface area contributed by atoms with Crippen LogP contribution in [0.4, 0.5) is 13.2 Å². The molecule has 2 aromatic rings. The molecule has 0 saturated heterocycles. The molecule has 0 spiro atoms. The number of alkyl halides is 3. The third-order valence-electron chi connectivity index (χ3n) is 3.80. The van der Waals surface area contributed by atoms with Gasteiger partial charge in [-0.3, -0.25) is 0 Å². The van der Waals surface area contributed by atoms with E-state index in [9.17, 15) is 23.1 Å². The van der Waals surface area contributed by atoms with Crippen molar-refractivity contribution in [2.45, 2.75) is 18.7 Å². The van der Waals surface area contributed by atoms with E-state index in [1.165, 1.54) is 12.1 Å². The van der Waals surface area contributed by atoms with Gasteiger partial charge in [0.25, 0.3) is 0 Å². The van der Waals surface area contributed by atoms with E-state index >= 15 is 0 Å². The summed E-state index contributed by atoms with van der Waals surface area (Å²) < 4.78 is 43.9. The van der Waals surface area contributed by atoms with Gasteiger partial charge in [0.15, 0.2) is 0 Å². The summed E-state index contributed by atoms with van der Waals surface area (Å²) in [7, 11) is 1.65. The first-order valence-corrected chi connectivity index (χ1v) is 8.03. The van der Waals surface area contributed by atoms with Crippen LogP contribution in [-0.2, 0) is 11.0 Å². The van der Waals surface area contributed by atoms with Crippen LogP contribution in [0.3, 0.4) is 0 Å². The normalized spacial score (nSPS) is 12.3. The third-order valence-corrected chi connectivity index (χ3v) is 3.80. The average molecular weight is 373 g/mol. The second-order valence-electron chi connectivity index (χ2n) is 5.94. The molecule has 0 aromatic heterocycles. The number of carbonyl (C=O) groups excluding carboxylic acids is 1. The number of aliphatic carboxylic acids is 1. The zero-order valence-corrected chi connectivity index (χ0v) is 15.2. The molecule has 0 saturated carbocycles. The zero-order chi connectivity index (χ0) is 19.2. The zero-order valence-electron chi connectivity index (χ0n) is 15.2. The van der Waals surface area contributed by atoms with E-state index in [2.05, 4.69) is 0 Å². The SMILES string of the molecule is CN(CCC(Oc1ccc(C(F)(F)F)cc1)c1ccccc1)CC(=O)[O-].[Li+]. The van der Waals surface area contributed by atoms with Crippen LogP contribution in [-0.4, -0.2) is 31.0 Å². The average Bonchev–Trinajstić information content (AvgIpc) is 2.58. The van der Waals surface area contributed by atoms with Gasteiger partial charge < -0.3 is 19.5 Å². The Hall–Kier alpha value is -1.94. The van der Waals surface area contributed by atoms with Crippen molar-refractivity contribution >= 4 is 5.97 Å². The standard InChI is InChI=1S/C19H20F3NO3.Li/c1-23(13-18(24)25)12-11-17(14-5-3-2-4-6-14)26-16-9-7-15(8-10-16)19(20,21)22;/h2-10,17H,11-13H2,1H3,(H,24,25);/q;+1/p-1. The molecule has 4 nitrogen and oxygen atoms in total. The van der Waals surface area contributed by atoms with Crippen molar-refractivity contribution in [3.8, 4) is 5.75 Å². The van der Waals surface area contributed by atoms with E-state index in [4.69, 9.17) is 4.74 Å². The van der Waals surface area contributed by atoms with Crippen LogP contribution in [0.15, 0.2) is 54.6 Å². The van der Waals surface area contributed by atoms with Gasteiger partial charge in [0.2, 0.25) is 0 Å². The minimum atomic E-state index is -4.40. The minimum absolute atomic E-state index is 0. The quantitative estimate of drug-likeness (QED) is 0.607. The molecule has 0 radical (unpaired) electrons. The van der Waals surface area contributed by atoms with Gasteiger partial charge in [-0.1, -0.05) is 30.3 Å². The summed E-state index contributed by atoms with van der Waals surface area (Å²) in [6, 6.07) is 13.7. The van der Waals surface area contributed by atoms with Gasteiger partial charge in [0.05, 0.1) is 11.5 Å². The Labute approximate surface area is 168 Å². The maximum Gasteiger partial charge on any atom is 1.00 e. The summed E-state index contributed by atoms with van der Waals surface area (Å²) in [5, 5.41) is 10.7. The molecule has 1 atom stereocenters. The number of hydrogen-bond donors (Lipinski definition) is 0. The summed E-state index contributed by atoms with van der Waals surface area (Å²) >= 11 is 0. The summed E-state index contributed by atoms with van der Waals surface area (Å²) in [6.07, 6.45) is -4.35. The molecule has 8 heteroatoms. The topological polar surface area (TPSA) is 52.6 Å². The number of ether oxygens (including phenoxy) is 1. The Kier molecular flexibility index (Phi) is 8.90. The molecule has 0 aliphatic heterocycles. The van der Waals surface area contributed by atoms with Crippen LogP contribution in [0.2, 0.25) is 0 Å². The maximum absolute atomic E-state index is 12.7. The van der Waals surface area contributed by atoms with Crippen molar-refractivity contribution < 1.29 is 46.7 Å². The maximum atomic E-state index is 12.7. The number of nitrogens with zero attached hydrogens (tertiary/aromatic N) is 1. The molecule has 0 heterocycles. The van der Waals surface area contributed by atoms with Crippen LogP contribution in [0.5, 0.6) is 5.75 Å². The first kappa shape index (κ1) is 23.1. The third kappa shape index (κ3) is 7.67. The second-order valence-corrected chi connectivity index (χ2v) is 5.94. The molecule has 0 N–H and O–H groups in total. The molecule has 2 aromatic carbocycles. The van der Waals surface area contributed by atoms with Crippen molar-refractivity contribution in [1.29, 1.82) is 0 Å². The van der Waals surface area contributed by atoms with Crippen LogP contribution in [0.1, 0.15) is 23.7 Å². The van der Waals surface area contributed by atoms with E-state index in [0.717, 1.165) is 17.7 Å². The molecule has 1 unspecified atom stereocenters. The van der Waals surface area contributed by atoms with Crippen molar-refractivity contribution in [2.24, 2.45) is 0 Å². The van der Waals surface area contributed by atoms with E-state index in [1.54, 1.807) is 11.9 Å². The molecule has 0 bridgehead atoms. The molecule has 0 fully saturated rings. The molecule has 0 aliphatic rings. The van der Waals surface area contributed by atoms with Gasteiger partial charge >= 0.3 is 25.0 Å². The largest absolute Gasteiger partial charge is 1.00 e. The van der Waals surface area contributed by atoms with Crippen LogP contribution >= 0.6 is 0 Å². The molecular weight excluding hydrogens is 354 g/mol. The smallest absolute Gasteiger partial charge is 0.549 e. The fourth-order valence-corrected chi connectivity index (χ4v) is 2.49. The van der Waals surface area contributed by atoms with Crippen LogP contribution in [0.25, 0.3) is 0 Å². The van der Waals surface area contributed by atoms with Crippen LogP contribution < -0.4 is 28.7 Å². The second kappa shape index (κ2) is 10.4. The number of hydrogen-bond acceptors (Lipinski definition) is 4. The number of likely N-dealkylation sites (N-methyl/N-ethyl adjacent to an activating group) is 1. The number of rotatable bonds is 8. The van der Waals surface area contributed by atoms with E-state index in [0.29, 0.717) is 18.7 Å². The Morgan fingerprint density at radius 3 is 2.22 bits per heavy atom. The van der Waals surface area contributed by atoms with Crippen LogP contribution in [0, 0.1) is 0 Å². The van der Waals surface area contributed by atoms with Crippen molar-refractivity contribution in [2.75, 3.05) is 20.1 Å². The number of halogens is 3. The van der Waals surface area contributed by atoms with Gasteiger partial charge in [-0.15, -0.1) is 0 Å². The Morgan fingerprint density at radius 2 is 1.70 bits per heavy atom. The number of carboxylic acids is 1. The monoisotopic (exact) mass is 373 g/mol. The fraction of sp³-hybridized carbons (Fsp3) is 0.316. The van der Waals surface area contributed by atoms with Crippen molar-refractivity contribution in [1.82, 2.24) is 4.90 Å². The fourth-order valence-electron chi connectivity index (χ4n) is 2.49. The van der Waals surface area contributed by atoms with E-state index in [-0.39, 0.29) is 25.4 Å². The van der Waals surface area contributed by atoms with Gasteiger partial charge in [-0.2, -0.15) is 13.2 Å². The Morgan fingerprint density at radius 1 is 1.11 bits per heavy atom. The Bertz CT molecular complexity index is 708. The van der Waals surface area contributed by atoms with Crippen molar-refractivity contribution in [3.63, 3.8) is 0 Å². The molecule has 140 valence electrons. The first-order valence-electron chi connectivity index (χ1n) is 8.03. The first-order chi connectivity index (χ1) is 12.3. The summed E-state index contributed by atoms with van der Waals surface area (Å²) in [5.74, 6) is -0.859. The number of carbonyl (C=O) groups is 1. The molecule has 27 heavy (non-hydrogen) atoms. The van der Waals surface area contributed by atoms with Gasteiger partial charge in [-0.25, -0.2) is 0 Å². The molecule has 2 rings (SSSR count). The predicted octanol–water partition coefficient (Wildman–Crippen LogP) is -0.0987. The van der Waals surface area contributed by atoms with E-state index < -0.39 is 23.8 Å². The molecule has 0 amide bonds. The summed E-state index contributed by atoms with van der Waals surface area (Å²) in [4.78, 5) is 12.2. The van der Waals surface area contributed by atoms with Gasteiger partial charge in [0, 0.05) is 19.5 Å².